The average Bonchev–Trinajstić information content (AvgIpc) is 3.17. The van der Waals surface area contributed by atoms with E-state index in [-0.39, 0.29) is 49.2 Å². The van der Waals surface area contributed by atoms with E-state index in [2.05, 4.69) is 20.3 Å². The van der Waals surface area contributed by atoms with Gasteiger partial charge in [-0.3, -0.25) is 0 Å². The Hall–Kier alpha value is 0.632. The first-order valence-corrected chi connectivity index (χ1v) is 10.8. The van der Waals surface area contributed by atoms with Gasteiger partial charge in [-0.2, -0.15) is 5.92 Å². The van der Waals surface area contributed by atoms with Gasteiger partial charge in [-0.15, -0.1) is 5.92 Å². The van der Waals surface area contributed by atoms with Gasteiger partial charge in [0, 0.05) is 37.5 Å². The molecule has 4 aliphatic carbocycles. The van der Waals surface area contributed by atoms with Crippen molar-refractivity contribution in [3.8, 4) is 0 Å². The van der Waals surface area contributed by atoms with Crippen LogP contribution in [0.15, 0.2) is 0 Å². The van der Waals surface area contributed by atoms with Crippen molar-refractivity contribution in [1.29, 1.82) is 0 Å². The molecule has 6 heteroatoms. The number of Topliss-reactive ketones (excluding diaryl/α,β-unsaturated/α-hetero) is 1. The molecule has 140 valence electrons. The van der Waals surface area contributed by atoms with Crippen molar-refractivity contribution in [2.75, 3.05) is 0 Å². The predicted molar refractivity (Wildman–Crippen MR) is 89.7 cm³/mol. The van der Waals surface area contributed by atoms with E-state index < -0.39 is 14.9 Å². The molecule has 0 heterocycles. The molecule has 25 heavy (non-hydrogen) atoms. The third-order valence-corrected chi connectivity index (χ3v) is 9.75. The maximum atomic E-state index is 12.8. The van der Waals surface area contributed by atoms with Crippen LogP contribution in [0, 0.1) is 90.8 Å². The van der Waals surface area contributed by atoms with Gasteiger partial charge in [0.15, 0.2) is 0 Å². The summed E-state index contributed by atoms with van der Waals surface area (Å²) in [6, 6.07) is 0. The SMILES string of the molecule is CC1C(C)C2CC1C1C3[CH-]C(C(=O)CC(C)(C)S(=O)(=O)[O-])C(C3)C21.[U]. The molecule has 0 radical (unpaired) electrons. The van der Waals surface area contributed by atoms with Gasteiger partial charge >= 0.3 is 0 Å². The van der Waals surface area contributed by atoms with Gasteiger partial charge in [-0.1, -0.05) is 32.1 Å². The van der Waals surface area contributed by atoms with E-state index in [9.17, 15) is 17.8 Å². The monoisotopic (exact) mass is 590 g/mol. The van der Waals surface area contributed by atoms with Crippen molar-refractivity contribution in [2.24, 2.45) is 53.3 Å². The molecule has 4 saturated carbocycles. The van der Waals surface area contributed by atoms with Gasteiger partial charge in [0.05, 0.1) is 4.75 Å². The Morgan fingerprint density at radius 2 is 1.64 bits per heavy atom. The molecule has 4 bridgehead atoms. The zero-order valence-electron chi connectivity index (χ0n) is 15.4. The smallest absolute Gasteiger partial charge is 0.108 e. The molecule has 0 aromatic carbocycles. The van der Waals surface area contributed by atoms with E-state index in [1.54, 1.807) is 0 Å². The molecule has 0 aromatic heterocycles. The maximum Gasteiger partial charge on any atom is 0.108 e. The van der Waals surface area contributed by atoms with Gasteiger partial charge in [0.2, 0.25) is 0 Å². The Morgan fingerprint density at radius 1 is 1.08 bits per heavy atom. The quantitative estimate of drug-likeness (QED) is 0.287. The molecule has 4 fully saturated rings. The Balaban J connectivity index is 0.00000182. The minimum atomic E-state index is -4.47. The van der Waals surface area contributed by atoms with Crippen LogP contribution in [0.4, 0.5) is 0 Å². The summed E-state index contributed by atoms with van der Waals surface area (Å²) in [7, 11) is -4.47. The van der Waals surface area contributed by atoms with Crippen molar-refractivity contribution in [2.45, 2.75) is 51.7 Å². The molecular formula is C19H28O4SU-2. The number of rotatable bonds is 4. The van der Waals surface area contributed by atoms with E-state index >= 15 is 0 Å². The fourth-order valence-electron chi connectivity index (χ4n) is 6.92. The first-order valence-electron chi connectivity index (χ1n) is 9.36. The van der Waals surface area contributed by atoms with E-state index in [1.165, 1.54) is 20.3 Å². The fourth-order valence-corrected chi connectivity index (χ4v) is 7.24. The van der Waals surface area contributed by atoms with E-state index in [1.807, 2.05) is 0 Å². The first-order chi connectivity index (χ1) is 11.0. The zero-order valence-corrected chi connectivity index (χ0v) is 20.4. The molecule has 9 atom stereocenters. The van der Waals surface area contributed by atoms with Crippen LogP contribution < -0.4 is 0 Å². The van der Waals surface area contributed by atoms with Crippen molar-refractivity contribution in [3.63, 3.8) is 0 Å². The number of carbonyl (C=O) groups excluding carboxylic acids is 1. The third kappa shape index (κ3) is 2.84. The number of ketones is 1. The Morgan fingerprint density at radius 3 is 2.20 bits per heavy atom. The molecule has 4 nitrogen and oxygen atoms in total. The molecule has 4 aliphatic rings. The average molecular weight is 591 g/mol. The van der Waals surface area contributed by atoms with Crippen LogP contribution >= 0.6 is 0 Å². The molecule has 0 aliphatic heterocycles. The molecular weight excluding hydrogens is 562 g/mol. The molecule has 0 aromatic rings. The minimum absolute atomic E-state index is 0. The number of hydrogen-bond acceptors (Lipinski definition) is 4. The summed E-state index contributed by atoms with van der Waals surface area (Å²) < 4.78 is 32.7. The van der Waals surface area contributed by atoms with Crippen LogP contribution in [0.3, 0.4) is 0 Å². The molecule has 0 amide bonds. The molecule has 0 saturated heterocycles. The second-order valence-corrected chi connectivity index (χ2v) is 11.6. The summed E-state index contributed by atoms with van der Waals surface area (Å²) >= 11 is 0. The van der Waals surface area contributed by atoms with Crippen LogP contribution in [0.2, 0.25) is 0 Å². The number of carbonyl (C=O) groups is 1. The van der Waals surface area contributed by atoms with Gasteiger partial charge in [0.25, 0.3) is 0 Å². The number of hydrogen-bond donors (Lipinski definition) is 0. The van der Waals surface area contributed by atoms with Crippen molar-refractivity contribution < 1.29 is 48.9 Å². The van der Waals surface area contributed by atoms with Crippen molar-refractivity contribution >= 4 is 15.9 Å². The first kappa shape index (κ1) is 20.4. The predicted octanol–water partition coefficient (Wildman–Crippen LogP) is 2.89. The molecule has 0 spiro atoms. The van der Waals surface area contributed by atoms with Crippen LogP contribution in [0.5, 0.6) is 0 Å². The maximum absolute atomic E-state index is 12.8. The van der Waals surface area contributed by atoms with Gasteiger partial charge in [-0.05, 0) is 49.9 Å². The molecule has 0 N–H and O–H groups in total. The topological polar surface area (TPSA) is 74.3 Å². The van der Waals surface area contributed by atoms with Crippen molar-refractivity contribution in [3.05, 3.63) is 6.42 Å². The fraction of sp³-hybridized carbons (Fsp3) is 0.895. The van der Waals surface area contributed by atoms with E-state index in [0.29, 0.717) is 17.8 Å². The Labute approximate surface area is 175 Å². The summed E-state index contributed by atoms with van der Waals surface area (Å²) in [5, 5.41) is 0. The Kier molecular flexibility index (Phi) is 5.15. The van der Waals surface area contributed by atoms with Crippen LogP contribution in [-0.4, -0.2) is 23.5 Å². The van der Waals surface area contributed by atoms with Gasteiger partial charge in [0.1, 0.15) is 15.9 Å². The zero-order chi connectivity index (χ0) is 17.6. The standard InChI is InChI=1S/C19H29O4S.U/c1-9-10(2)13-7-12(9)17-11-5-14(15(6-11)18(13)17)16(20)8-19(3,4)24(21,22)23;/h5,9-15,17-18H,6-8H2,1-4H3,(H,21,22,23);/q-1;/p-1. The summed E-state index contributed by atoms with van der Waals surface area (Å²) in [5.74, 6) is 5.26. The summed E-state index contributed by atoms with van der Waals surface area (Å²) in [6.45, 7) is 7.52. The minimum Gasteiger partial charge on any atom is -0.748 e. The normalized spacial score (nSPS) is 47.6. The van der Waals surface area contributed by atoms with Gasteiger partial charge in [-0.25, -0.2) is 8.42 Å². The third-order valence-electron chi connectivity index (χ3n) is 8.26. The second kappa shape index (κ2) is 6.33. The molecule has 4 rings (SSSR count). The molecule has 9 unspecified atom stereocenters. The van der Waals surface area contributed by atoms with Gasteiger partial charge < -0.3 is 15.8 Å². The largest absolute Gasteiger partial charge is 0.748 e. The van der Waals surface area contributed by atoms with Crippen LogP contribution in [-0.2, 0) is 14.9 Å². The second-order valence-electron chi connectivity index (χ2n) is 9.57. The van der Waals surface area contributed by atoms with Crippen LogP contribution in [0.25, 0.3) is 0 Å². The van der Waals surface area contributed by atoms with E-state index in [0.717, 1.165) is 36.0 Å². The summed E-state index contributed by atoms with van der Waals surface area (Å²) in [6.07, 6.45) is 4.49. The van der Waals surface area contributed by atoms with Crippen LogP contribution in [0.1, 0.15) is 47.0 Å². The van der Waals surface area contributed by atoms with Crippen molar-refractivity contribution in [1.82, 2.24) is 0 Å². The summed E-state index contributed by atoms with van der Waals surface area (Å²) in [4.78, 5) is 12.8. The summed E-state index contributed by atoms with van der Waals surface area (Å²) in [5.41, 5.74) is 0. The van der Waals surface area contributed by atoms with E-state index in [4.69, 9.17) is 0 Å². The number of fused-ring (bicyclic) bond motifs is 9. The Bertz CT molecular complexity index is 673.